The van der Waals surface area contributed by atoms with Crippen molar-refractivity contribution in [2.45, 2.75) is 121 Å². The van der Waals surface area contributed by atoms with Gasteiger partial charge >= 0.3 is 5.97 Å². The van der Waals surface area contributed by atoms with Crippen molar-refractivity contribution in [3.05, 3.63) is 0 Å². The lowest BCUT2D eigenvalue weighted by atomic mass is 10.0. The highest BCUT2D eigenvalue weighted by atomic mass is 32.2. The fourth-order valence-electron chi connectivity index (χ4n) is 3.82. The van der Waals surface area contributed by atoms with Gasteiger partial charge in [-0.2, -0.15) is 11.8 Å². The minimum absolute atomic E-state index is 0.0769. The van der Waals surface area contributed by atoms with Gasteiger partial charge in [0.25, 0.3) is 0 Å². The maximum absolute atomic E-state index is 12.3. The van der Waals surface area contributed by atoms with E-state index in [0.717, 1.165) is 43.8 Å². The Morgan fingerprint density at radius 3 is 2.29 bits per heavy atom. The van der Waals surface area contributed by atoms with E-state index < -0.39 is 0 Å². The van der Waals surface area contributed by atoms with Gasteiger partial charge in [-0.05, 0) is 51.2 Å². The Morgan fingerprint density at radius 1 is 0.964 bits per heavy atom. The van der Waals surface area contributed by atoms with Crippen molar-refractivity contribution < 1.29 is 19.1 Å². The fourth-order valence-corrected chi connectivity index (χ4v) is 5.20. The molecular formula is C23H42O4S. The first-order valence-electron chi connectivity index (χ1n) is 11.4. The standard InChI is InChI=1S/C23H42O4S/c1-4-5-7-13-21(17-19(2)24)27-23(25)18-20(26-3)12-10-11-16-28-22-14-8-6-9-15-22/h20-22H,4-18H2,1-3H3. The second kappa shape index (κ2) is 16.3. The zero-order valence-electron chi connectivity index (χ0n) is 18.4. The molecule has 2 unspecified atom stereocenters. The third-order valence-corrected chi connectivity index (χ3v) is 6.96. The van der Waals surface area contributed by atoms with Crippen LogP contribution in [0.3, 0.4) is 0 Å². The van der Waals surface area contributed by atoms with Gasteiger partial charge in [-0.1, -0.05) is 45.4 Å². The predicted molar refractivity (Wildman–Crippen MR) is 118 cm³/mol. The number of esters is 1. The highest BCUT2D eigenvalue weighted by Crippen LogP contribution is 2.29. The maximum Gasteiger partial charge on any atom is 0.308 e. The molecule has 0 radical (unpaired) electrons. The Bertz CT molecular complexity index is 421. The molecule has 0 amide bonds. The zero-order chi connectivity index (χ0) is 20.6. The number of carbonyl (C=O) groups is 2. The first kappa shape index (κ1) is 25.5. The van der Waals surface area contributed by atoms with Gasteiger partial charge in [0.15, 0.2) is 0 Å². The Morgan fingerprint density at radius 2 is 1.64 bits per heavy atom. The van der Waals surface area contributed by atoms with Gasteiger partial charge in [-0.3, -0.25) is 9.59 Å². The van der Waals surface area contributed by atoms with E-state index in [1.807, 2.05) is 0 Å². The van der Waals surface area contributed by atoms with E-state index in [1.165, 1.54) is 44.3 Å². The summed E-state index contributed by atoms with van der Waals surface area (Å²) in [5.41, 5.74) is 0. The number of thioether (sulfide) groups is 1. The Labute approximate surface area is 176 Å². The van der Waals surface area contributed by atoms with Crippen molar-refractivity contribution >= 4 is 23.5 Å². The largest absolute Gasteiger partial charge is 0.462 e. The van der Waals surface area contributed by atoms with Crippen LogP contribution in [0.2, 0.25) is 0 Å². The highest BCUT2D eigenvalue weighted by molar-refractivity contribution is 7.99. The molecule has 0 bridgehead atoms. The number of rotatable bonds is 16. The molecule has 2 atom stereocenters. The first-order chi connectivity index (χ1) is 13.5. The number of hydrogen-bond donors (Lipinski definition) is 0. The van der Waals surface area contributed by atoms with Crippen LogP contribution in [0, 0.1) is 0 Å². The minimum atomic E-state index is -0.277. The predicted octanol–water partition coefficient (Wildman–Crippen LogP) is 6.10. The first-order valence-corrected chi connectivity index (χ1v) is 12.4. The number of ether oxygens (including phenoxy) is 2. The van der Waals surface area contributed by atoms with E-state index in [9.17, 15) is 9.59 Å². The van der Waals surface area contributed by atoms with Gasteiger partial charge in [-0.25, -0.2) is 0 Å². The van der Waals surface area contributed by atoms with Gasteiger partial charge in [0.1, 0.15) is 11.9 Å². The van der Waals surface area contributed by atoms with Crippen LogP contribution in [-0.2, 0) is 19.1 Å². The molecule has 1 aliphatic carbocycles. The summed E-state index contributed by atoms with van der Waals surface area (Å²) in [4.78, 5) is 23.8. The van der Waals surface area contributed by atoms with Crippen molar-refractivity contribution in [2.24, 2.45) is 0 Å². The van der Waals surface area contributed by atoms with Gasteiger partial charge in [0, 0.05) is 18.8 Å². The number of ketones is 1. The Hall–Kier alpha value is -0.550. The molecule has 4 nitrogen and oxygen atoms in total. The molecule has 0 aromatic carbocycles. The quantitative estimate of drug-likeness (QED) is 0.226. The molecule has 164 valence electrons. The summed E-state index contributed by atoms with van der Waals surface area (Å²) in [6.45, 7) is 3.70. The molecule has 0 saturated heterocycles. The monoisotopic (exact) mass is 414 g/mol. The van der Waals surface area contributed by atoms with Crippen LogP contribution in [0.25, 0.3) is 0 Å². The summed E-state index contributed by atoms with van der Waals surface area (Å²) >= 11 is 2.13. The van der Waals surface area contributed by atoms with Crippen LogP contribution in [0.4, 0.5) is 0 Å². The Kier molecular flexibility index (Phi) is 14.8. The number of Topliss-reactive ketones (excluding diaryl/α,β-unsaturated/α-hetero) is 1. The average molecular weight is 415 g/mol. The smallest absolute Gasteiger partial charge is 0.308 e. The topological polar surface area (TPSA) is 52.6 Å². The van der Waals surface area contributed by atoms with E-state index in [2.05, 4.69) is 18.7 Å². The summed E-state index contributed by atoms with van der Waals surface area (Å²) in [7, 11) is 1.67. The van der Waals surface area contributed by atoms with Crippen molar-refractivity contribution in [1.29, 1.82) is 0 Å². The van der Waals surface area contributed by atoms with E-state index in [0.29, 0.717) is 6.42 Å². The molecule has 1 rings (SSSR count). The lowest BCUT2D eigenvalue weighted by Crippen LogP contribution is -2.25. The number of carbonyl (C=O) groups excluding carboxylic acids is 2. The summed E-state index contributed by atoms with van der Waals surface area (Å²) < 4.78 is 11.1. The van der Waals surface area contributed by atoms with Gasteiger partial charge in [-0.15, -0.1) is 0 Å². The molecule has 5 heteroatoms. The van der Waals surface area contributed by atoms with Gasteiger partial charge in [0.05, 0.1) is 12.5 Å². The third-order valence-electron chi connectivity index (χ3n) is 5.50. The normalized spacial score (nSPS) is 17.2. The fraction of sp³-hybridized carbons (Fsp3) is 0.913. The number of hydrogen-bond acceptors (Lipinski definition) is 5. The van der Waals surface area contributed by atoms with Crippen molar-refractivity contribution in [3.63, 3.8) is 0 Å². The Balaban J connectivity index is 2.22. The molecule has 0 aromatic heterocycles. The molecular weight excluding hydrogens is 372 g/mol. The van der Waals surface area contributed by atoms with Crippen molar-refractivity contribution in [3.8, 4) is 0 Å². The van der Waals surface area contributed by atoms with Crippen molar-refractivity contribution in [2.75, 3.05) is 12.9 Å². The number of unbranched alkanes of at least 4 members (excludes halogenated alkanes) is 3. The summed E-state index contributed by atoms with van der Waals surface area (Å²) in [5, 5.41) is 0.868. The van der Waals surface area contributed by atoms with Crippen LogP contribution in [-0.4, -0.2) is 42.1 Å². The molecule has 1 aliphatic rings. The molecule has 1 fully saturated rings. The van der Waals surface area contributed by atoms with Crippen LogP contribution in [0.5, 0.6) is 0 Å². The molecule has 28 heavy (non-hydrogen) atoms. The number of methoxy groups -OCH3 is 1. The lowest BCUT2D eigenvalue weighted by molar-refractivity contribution is -0.153. The molecule has 0 heterocycles. The second-order valence-corrected chi connectivity index (χ2v) is 9.61. The molecule has 1 saturated carbocycles. The summed E-state index contributed by atoms with van der Waals surface area (Å²) in [5.74, 6) is 1.06. The van der Waals surface area contributed by atoms with Gasteiger partial charge < -0.3 is 9.47 Å². The van der Waals surface area contributed by atoms with Crippen molar-refractivity contribution in [1.82, 2.24) is 0 Å². The highest BCUT2D eigenvalue weighted by Gasteiger charge is 2.20. The van der Waals surface area contributed by atoms with E-state index in [-0.39, 0.29) is 30.4 Å². The second-order valence-electron chi connectivity index (χ2n) is 8.20. The van der Waals surface area contributed by atoms with Crippen LogP contribution >= 0.6 is 11.8 Å². The average Bonchev–Trinajstić information content (AvgIpc) is 2.67. The molecule has 0 N–H and O–H groups in total. The summed E-state index contributed by atoms with van der Waals surface area (Å²) in [6.07, 6.45) is 14.4. The van der Waals surface area contributed by atoms with Crippen LogP contribution in [0.1, 0.15) is 104 Å². The summed E-state index contributed by atoms with van der Waals surface area (Å²) in [6, 6.07) is 0. The third kappa shape index (κ3) is 12.8. The molecule has 0 aliphatic heterocycles. The van der Waals surface area contributed by atoms with Crippen LogP contribution < -0.4 is 0 Å². The lowest BCUT2D eigenvalue weighted by Gasteiger charge is -2.21. The maximum atomic E-state index is 12.3. The minimum Gasteiger partial charge on any atom is -0.462 e. The van der Waals surface area contributed by atoms with Gasteiger partial charge in [0.2, 0.25) is 0 Å². The van der Waals surface area contributed by atoms with E-state index in [1.54, 1.807) is 14.0 Å². The molecule has 0 spiro atoms. The van der Waals surface area contributed by atoms with Crippen LogP contribution in [0.15, 0.2) is 0 Å². The zero-order valence-corrected chi connectivity index (χ0v) is 19.2. The SMILES string of the molecule is CCCCCC(CC(C)=O)OC(=O)CC(CCCCSC1CCCCC1)OC. The molecule has 0 aromatic rings. The van der Waals surface area contributed by atoms with E-state index in [4.69, 9.17) is 9.47 Å². The van der Waals surface area contributed by atoms with E-state index >= 15 is 0 Å².